The summed E-state index contributed by atoms with van der Waals surface area (Å²) in [5, 5.41) is 4.99. The number of ether oxygens (including phenoxy) is 2. The van der Waals surface area contributed by atoms with Crippen LogP contribution in [0, 0.1) is 0 Å². The third-order valence-corrected chi connectivity index (χ3v) is 5.30. The maximum Gasteiger partial charge on any atom is 0.250 e. The van der Waals surface area contributed by atoms with Gasteiger partial charge in [0, 0.05) is 6.07 Å². The Morgan fingerprint density at radius 1 is 0.970 bits per heavy atom. The Labute approximate surface area is 195 Å². The average molecular weight is 448 g/mol. The highest BCUT2D eigenvalue weighted by molar-refractivity contribution is 5.79. The molecule has 0 unspecified atom stereocenters. The van der Waals surface area contributed by atoms with E-state index in [1.807, 2.05) is 54.6 Å². The lowest BCUT2D eigenvalue weighted by molar-refractivity contribution is -0.117. The second-order valence-electron chi connectivity index (χ2n) is 7.95. The van der Waals surface area contributed by atoms with Crippen LogP contribution >= 0.6 is 0 Å². The lowest BCUT2D eigenvalue weighted by Crippen LogP contribution is -2.16. The standard InChI is InChI=1S/C27H33N3O3/c1-3-4-5-6-7-11-18-33-27-20-23(21-28-30(27)24-12-9-8-10-13-24)29-26(31)19-22-14-16-25(32-2)17-15-22/h8-10,12-17,20-21H,3-7,11,18-19H2,1-2H3/b29-23-. The molecule has 0 aliphatic carbocycles. The fraction of sp³-hybridized carbons (Fsp3) is 0.370. The average Bonchev–Trinajstić information content (AvgIpc) is 2.84. The van der Waals surface area contributed by atoms with Crippen molar-refractivity contribution >= 4 is 5.91 Å². The summed E-state index contributed by atoms with van der Waals surface area (Å²) in [4.78, 5) is 16.8. The molecule has 0 saturated carbocycles. The van der Waals surface area contributed by atoms with E-state index in [2.05, 4.69) is 17.0 Å². The van der Waals surface area contributed by atoms with Gasteiger partial charge in [-0.1, -0.05) is 69.4 Å². The van der Waals surface area contributed by atoms with Gasteiger partial charge in [0.2, 0.25) is 5.88 Å². The fourth-order valence-corrected chi connectivity index (χ4v) is 3.49. The first-order valence-corrected chi connectivity index (χ1v) is 11.7. The van der Waals surface area contributed by atoms with Crippen molar-refractivity contribution in [3.8, 4) is 17.3 Å². The van der Waals surface area contributed by atoms with Crippen molar-refractivity contribution < 1.29 is 14.3 Å². The minimum Gasteiger partial charge on any atom is -0.497 e. The molecule has 1 amide bonds. The molecule has 1 aromatic heterocycles. The molecule has 0 fully saturated rings. The van der Waals surface area contributed by atoms with Gasteiger partial charge < -0.3 is 9.47 Å². The summed E-state index contributed by atoms with van der Waals surface area (Å²) < 4.78 is 13.0. The number of aromatic nitrogens is 2. The molecule has 0 N–H and O–H groups in total. The molecule has 0 spiro atoms. The lowest BCUT2D eigenvalue weighted by atomic mass is 10.1. The minimum atomic E-state index is -0.235. The smallest absolute Gasteiger partial charge is 0.250 e. The molecule has 6 heteroatoms. The molecule has 0 aliphatic heterocycles. The quantitative estimate of drug-likeness (QED) is 0.354. The van der Waals surface area contributed by atoms with Crippen LogP contribution in [0.4, 0.5) is 0 Å². The maximum absolute atomic E-state index is 12.5. The molecule has 0 radical (unpaired) electrons. The third-order valence-electron chi connectivity index (χ3n) is 5.30. The van der Waals surface area contributed by atoms with Gasteiger partial charge in [-0.15, -0.1) is 0 Å². The highest BCUT2D eigenvalue weighted by Crippen LogP contribution is 2.15. The summed E-state index contributed by atoms with van der Waals surface area (Å²) in [6.07, 6.45) is 8.96. The van der Waals surface area contributed by atoms with Crippen molar-refractivity contribution in [2.24, 2.45) is 4.99 Å². The minimum absolute atomic E-state index is 0.214. The number of methoxy groups -OCH3 is 1. The maximum atomic E-state index is 12.5. The van der Waals surface area contributed by atoms with Crippen LogP contribution in [-0.2, 0) is 11.2 Å². The van der Waals surface area contributed by atoms with Crippen LogP contribution in [0.25, 0.3) is 5.69 Å². The number of para-hydroxylation sites is 1. The van der Waals surface area contributed by atoms with Crippen molar-refractivity contribution in [3.05, 3.63) is 77.8 Å². The lowest BCUT2D eigenvalue weighted by Gasteiger charge is -2.13. The van der Waals surface area contributed by atoms with Crippen molar-refractivity contribution in [2.45, 2.75) is 51.9 Å². The molecule has 3 aromatic rings. The molecule has 33 heavy (non-hydrogen) atoms. The molecule has 0 bridgehead atoms. The van der Waals surface area contributed by atoms with Crippen molar-refractivity contribution in [2.75, 3.05) is 13.7 Å². The van der Waals surface area contributed by atoms with Crippen LogP contribution in [-0.4, -0.2) is 29.4 Å². The Kier molecular flexibility index (Phi) is 9.70. The molecule has 0 atom stereocenters. The Morgan fingerprint density at radius 2 is 1.70 bits per heavy atom. The zero-order valence-corrected chi connectivity index (χ0v) is 19.6. The summed E-state index contributed by atoms with van der Waals surface area (Å²) in [7, 11) is 1.62. The number of unbranched alkanes of at least 4 members (excludes halogenated alkanes) is 5. The Balaban J connectivity index is 1.72. The van der Waals surface area contributed by atoms with Crippen molar-refractivity contribution in [1.82, 2.24) is 9.78 Å². The second kappa shape index (κ2) is 13.2. The monoisotopic (exact) mass is 447 g/mol. The van der Waals surface area contributed by atoms with Gasteiger partial charge in [0.1, 0.15) is 5.75 Å². The van der Waals surface area contributed by atoms with Gasteiger partial charge in [-0.3, -0.25) is 4.79 Å². The number of rotatable bonds is 12. The first-order valence-electron chi connectivity index (χ1n) is 11.7. The number of benzene rings is 2. The van der Waals surface area contributed by atoms with Gasteiger partial charge in [-0.2, -0.15) is 5.10 Å². The number of carbonyl (C=O) groups excluding carboxylic acids is 1. The molecular formula is C27H33N3O3. The van der Waals surface area contributed by atoms with Crippen molar-refractivity contribution in [3.63, 3.8) is 0 Å². The van der Waals surface area contributed by atoms with Crippen LogP contribution in [0.2, 0.25) is 0 Å². The number of nitrogens with zero attached hydrogens (tertiary/aromatic N) is 3. The summed E-state index contributed by atoms with van der Waals surface area (Å²) in [6, 6.07) is 19.0. The van der Waals surface area contributed by atoms with Crippen LogP contribution < -0.4 is 14.8 Å². The molecule has 6 nitrogen and oxygen atoms in total. The molecule has 2 aromatic carbocycles. The number of hydrogen-bond donors (Lipinski definition) is 0. The Bertz CT molecular complexity index is 1060. The van der Waals surface area contributed by atoms with Gasteiger partial charge in [0.25, 0.3) is 5.91 Å². The largest absolute Gasteiger partial charge is 0.497 e. The first kappa shape index (κ1) is 24.2. The molecule has 3 rings (SSSR count). The van der Waals surface area contributed by atoms with Crippen LogP contribution in [0.3, 0.4) is 0 Å². The zero-order chi connectivity index (χ0) is 23.3. The highest BCUT2D eigenvalue weighted by atomic mass is 16.5. The number of carbonyl (C=O) groups is 1. The van der Waals surface area contributed by atoms with Gasteiger partial charge in [-0.25, -0.2) is 9.67 Å². The molecule has 174 valence electrons. The number of hydrogen-bond acceptors (Lipinski definition) is 4. The van der Waals surface area contributed by atoms with Crippen LogP contribution in [0.1, 0.15) is 51.0 Å². The van der Waals surface area contributed by atoms with E-state index in [0.717, 1.165) is 29.8 Å². The van der Waals surface area contributed by atoms with Gasteiger partial charge in [-0.05, 0) is 36.2 Å². The third kappa shape index (κ3) is 7.90. The molecule has 1 heterocycles. The van der Waals surface area contributed by atoms with Gasteiger partial charge >= 0.3 is 0 Å². The first-order chi connectivity index (χ1) is 16.2. The van der Waals surface area contributed by atoms with Gasteiger partial charge in [0.05, 0.1) is 37.4 Å². The summed E-state index contributed by atoms with van der Waals surface area (Å²) >= 11 is 0. The predicted octanol–water partition coefficient (Wildman–Crippen LogP) is 5.29. The fourth-order valence-electron chi connectivity index (χ4n) is 3.49. The second-order valence-corrected chi connectivity index (χ2v) is 7.95. The zero-order valence-electron chi connectivity index (χ0n) is 19.6. The molecule has 0 aliphatic rings. The van der Waals surface area contributed by atoms with E-state index in [4.69, 9.17) is 9.47 Å². The van der Waals surface area contributed by atoms with E-state index >= 15 is 0 Å². The van der Waals surface area contributed by atoms with E-state index in [1.165, 1.54) is 25.7 Å². The predicted molar refractivity (Wildman–Crippen MR) is 130 cm³/mol. The van der Waals surface area contributed by atoms with E-state index in [0.29, 0.717) is 17.8 Å². The summed E-state index contributed by atoms with van der Waals surface area (Å²) in [5.41, 5.74) is 1.78. The summed E-state index contributed by atoms with van der Waals surface area (Å²) in [6.45, 7) is 2.82. The molecule has 0 saturated heterocycles. The van der Waals surface area contributed by atoms with E-state index in [9.17, 15) is 4.79 Å². The highest BCUT2D eigenvalue weighted by Gasteiger charge is 2.07. The van der Waals surface area contributed by atoms with E-state index in [-0.39, 0.29) is 12.3 Å². The molecular weight excluding hydrogens is 414 g/mol. The SMILES string of the molecule is CCCCCCCCOc1c/c(=N/C(=O)Cc2ccc(OC)cc2)cnn1-c1ccccc1. The Morgan fingerprint density at radius 3 is 2.42 bits per heavy atom. The van der Waals surface area contributed by atoms with Gasteiger partial charge in [0.15, 0.2) is 0 Å². The normalized spacial score (nSPS) is 11.4. The van der Waals surface area contributed by atoms with Crippen molar-refractivity contribution in [1.29, 1.82) is 0 Å². The summed E-state index contributed by atoms with van der Waals surface area (Å²) in [5.74, 6) is 1.10. The van der Waals surface area contributed by atoms with E-state index in [1.54, 1.807) is 24.1 Å². The number of amides is 1. The van der Waals surface area contributed by atoms with E-state index < -0.39 is 0 Å². The van der Waals surface area contributed by atoms with Crippen LogP contribution in [0.15, 0.2) is 71.9 Å². The topological polar surface area (TPSA) is 65.7 Å². The van der Waals surface area contributed by atoms with Crippen LogP contribution in [0.5, 0.6) is 11.6 Å². The Hall–Kier alpha value is -3.41.